The van der Waals surface area contributed by atoms with E-state index in [1.165, 1.54) is 16.3 Å². The number of aryl methyl sites for hydroxylation is 1. The minimum absolute atomic E-state index is 0.440. The molecule has 19 heavy (non-hydrogen) atoms. The largest absolute Gasteiger partial charge is 0.697 e. The molecule has 3 nitrogen and oxygen atoms in total. The maximum absolute atomic E-state index is 10.3. The Morgan fingerprint density at radius 3 is 2.11 bits per heavy atom. The summed E-state index contributed by atoms with van der Waals surface area (Å²) in [6.07, 6.45) is 0. The van der Waals surface area contributed by atoms with E-state index in [4.69, 9.17) is 0 Å². The Balaban J connectivity index is 0.000000203. The molecule has 0 bridgehead atoms. The molecule has 0 heterocycles. The monoisotopic (exact) mass is 279 g/mol. The molecule has 0 atom stereocenters. The van der Waals surface area contributed by atoms with Gasteiger partial charge in [0.25, 0.3) is 0 Å². The summed E-state index contributed by atoms with van der Waals surface area (Å²) in [5, 5.41) is 2.68. The van der Waals surface area contributed by atoms with Crippen LogP contribution in [0.15, 0.2) is 42.5 Å². The molecule has 0 fully saturated rings. The molecule has 0 spiro atoms. The van der Waals surface area contributed by atoms with E-state index in [2.05, 4.69) is 58.4 Å². The molecule has 0 N–H and O–H groups in total. The molecule has 2 aromatic carbocycles. The molecule has 2 aromatic rings. The molecule has 0 amide bonds. The van der Waals surface area contributed by atoms with E-state index in [1.54, 1.807) is 13.8 Å². The molecule has 0 unspecified atom stereocenters. The highest BCUT2D eigenvalue weighted by Gasteiger charge is 2.15. The minimum atomic E-state index is -1.83. The van der Waals surface area contributed by atoms with E-state index in [9.17, 15) is 4.57 Å². The van der Waals surface area contributed by atoms with E-state index in [-0.39, 0.29) is 0 Å². The van der Waals surface area contributed by atoms with E-state index < -0.39 is 8.25 Å². The summed E-state index contributed by atoms with van der Waals surface area (Å²) >= 11 is 0. The molecule has 0 aliphatic carbocycles. The van der Waals surface area contributed by atoms with Crippen LogP contribution in [0.25, 0.3) is 10.8 Å². The highest BCUT2D eigenvalue weighted by atomic mass is 31.1. The summed E-state index contributed by atoms with van der Waals surface area (Å²) < 4.78 is 19.5. The second kappa shape index (κ2) is 8.76. The van der Waals surface area contributed by atoms with Gasteiger partial charge in [-0.3, -0.25) is 0 Å². The molecule has 4 heteroatoms. The van der Waals surface area contributed by atoms with Crippen molar-refractivity contribution >= 4 is 19.0 Å². The standard InChI is InChI=1S/C11H10.C4H10O3P/c1-9-5-4-7-10-6-2-3-8-11(9)10;1-3-6-8(5)7-4-2/h2-8H,1H3;3-4H2,1-2H3/q;+1. The first-order valence-corrected chi connectivity index (χ1v) is 7.46. The van der Waals surface area contributed by atoms with Crippen LogP contribution in [0, 0.1) is 6.92 Å². The van der Waals surface area contributed by atoms with Gasteiger partial charge in [-0.2, -0.15) is 0 Å². The lowest BCUT2D eigenvalue weighted by Crippen LogP contribution is -1.81. The fraction of sp³-hybridized carbons (Fsp3) is 0.333. The molecular weight excluding hydrogens is 259 g/mol. The Kier molecular flexibility index (Phi) is 7.27. The van der Waals surface area contributed by atoms with Gasteiger partial charge in [-0.25, -0.2) is 0 Å². The topological polar surface area (TPSA) is 35.5 Å². The highest BCUT2D eigenvalue weighted by Crippen LogP contribution is 2.21. The lowest BCUT2D eigenvalue weighted by atomic mass is 10.1. The minimum Gasteiger partial charge on any atom is -0.119 e. The second-order valence-electron chi connectivity index (χ2n) is 3.86. The maximum Gasteiger partial charge on any atom is 0.697 e. The fourth-order valence-electron chi connectivity index (χ4n) is 1.64. The zero-order valence-corrected chi connectivity index (χ0v) is 12.5. The normalized spacial score (nSPS) is 9.84. The van der Waals surface area contributed by atoms with Crippen molar-refractivity contribution in [3.8, 4) is 0 Å². The van der Waals surface area contributed by atoms with Crippen LogP contribution in [0.4, 0.5) is 0 Å². The Hall–Kier alpha value is -1.28. The Morgan fingerprint density at radius 2 is 1.53 bits per heavy atom. The van der Waals surface area contributed by atoms with Crippen LogP contribution >= 0.6 is 8.25 Å². The van der Waals surface area contributed by atoms with E-state index in [0.29, 0.717) is 13.2 Å². The molecule has 2 rings (SSSR count). The molecule has 0 aliphatic heterocycles. The third-order valence-electron chi connectivity index (χ3n) is 2.48. The van der Waals surface area contributed by atoms with Crippen molar-refractivity contribution in [3.63, 3.8) is 0 Å². The molecule has 0 radical (unpaired) electrons. The van der Waals surface area contributed by atoms with Crippen LogP contribution in [-0.2, 0) is 13.6 Å². The fourth-order valence-corrected chi connectivity index (χ4v) is 2.13. The predicted octanol–water partition coefficient (Wildman–Crippen LogP) is 4.87. The third kappa shape index (κ3) is 5.48. The van der Waals surface area contributed by atoms with Gasteiger partial charge in [0.1, 0.15) is 13.2 Å². The van der Waals surface area contributed by atoms with E-state index in [0.717, 1.165) is 0 Å². The second-order valence-corrected chi connectivity index (χ2v) is 4.82. The van der Waals surface area contributed by atoms with Gasteiger partial charge in [0.05, 0.1) is 0 Å². The molecule has 0 aromatic heterocycles. The summed E-state index contributed by atoms with van der Waals surface area (Å²) in [6.45, 7) is 6.56. The van der Waals surface area contributed by atoms with Crippen molar-refractivity contribution in [3.05, 3.63) is 48.0 Å². The molecule has 0 aliphatic rings. The van der Waals surface area contributed by atoms with Gasteiger partial charge in [-0.05, 0) is 37.1 Å². The van der Waals surface area contributed by atoms with Crippen molar-refractivity contribution in [1.82, 2.24) is 0 Å². The first-order valence-electron chi connectivity index (χ1n) is 6.36. The van der Waals surface area contributed by atoms with Gasteiger partial charge in [0, 0.05) is 4.57 Å². The number of hydrogen-bond donors (Lipinski definition) is 0. The van der Waals surface area contributed by atoms with Crippen LogP contribution in [0.5, 0.6) is 0 Å². The van der Waals surface area contributed by atoms with Crippen molar-refractivity contribution in [1.29, 1.82) is 0 Å². The van der Waals surface area contributed by atoms with Gasteiger partial charge in [-0.15, -0.1) is 9.05 Å². The zero-order valence-electron chi connectivity index (χ0n) is 11.6. The molecular formula is C15H20O3P+. The molecule has 0 saturated heterocycles. The predicted molar refractivity (Wildman–Crippen MR) is 79.5 cm³/mol. The van der Waals surface area contributed by atoms with E-state index in [1.807, 2.05) is 0 Å². The summed E-state index contributed by atoms with van der Waals surface area (Å²) in [4.78, 5) is 0. The smallest absolute Gasteiger partial charge is 0.119 e. The Bertz CT molecular complexity index is 512. The quantitative estimate of drug-likeness (QED) is 0.749. The van der Waals surface area contributed by atoms with Crippen LogP contribution in [0.1, 0.15) is 19.4 Å². The Morgan fingerprint density at radius 1 is 0.947 bits per heavy atom. The van der Waals surface area contributed by atoms with Gasteiger partial charge in [0.2, 0.25) is 0 Å². The van der Waals surface area contributed by atoms with E-state index >= 15 is 0 Å². The van der Waals surface area contributed by atoms with Crippen LogP contribution < -0.4 is 0 Å². The van der Waals surface area contributed by atoms with Gasteiger partial charge < -0.3 is 0 Å². The highest BCUT2D eigenvalue weighted by molar-refractivity contribution is 7.33. The number of hydrogen-bond acceptors (Lipinski definition) is 3. The molecule has 0 saturated carbocycles. The summed E-state index contributed by atoms with van der Waals surface area (Å²) in [6, 6.07) is 14.8. The van der Waals surface area contributed by atoms with Gasteiger partial charge in [-0.1, -0.05) is 42.5 Å². The third-order valence-corrected chi connectivity index (χ3v) is 3.41. The van der Waals surface area contributed by atoms with Crippen molar-refractivity contribution in [2.45, 2.75) is 20.8 Å². The van der Waals surface area contributed by atoms with Crippen LogP contribution in [0.3, 0.4) is 0 Å². The van der Waals surface area contributed by atoms with Gasteiger partial charge >= 0.3 is 8.25 Å². The first-order chi connectivity index (χ1) is 9.19. The van der Waals surface area contributed by atoms with Crippen molar-refractivity contribution in [2.24, 2.45) is 0 Å². The first kappa shape index (κ1) is 15.8. The maximum atomic E-state index is 10.3. The number of benzene rings is 2. The van der Waals surface area contributed by atoms with Crippen molar-refractivity contribution < 1.29 is 13.6 Å². The Labute approximate surface area is 115 Å². The number of fused-ring (bicyclic) bond motifs is 1. The van der Waals surface area contributed by atoms with Gasteiger partial charge in [0.15, 0.2) is 0 Å². The lowest BCUT2D eigenvalue weighted by molar-refractivity contribution is 0.243. The summed E-state index contributed by atoms with van der Waals surface area (Å²) in [5.41, 5.74) is 1.35. The summed E-state index contributed by atoms with van der Waals surface area (Å²) in [7, 11) is -1.83. The number of rotatable bonds is 4. The van der Waals surface area contributed by atoms with Crippen LogP contribution in [-0.4, -0.2) is 13.2 Å². The lowest BCUT2D eigenvalue weighted by Gasteiger charge is -1.98. The average Bonchev–Trinajstić information content (AvgIpc) is 2.41. The summed E-state index contributed by atoms with van der Waals surface area (Å²) in [5.74, 6) is 0. The molecule has 102 valence electrons. The van der Waals surface area contributed by atoms with Crippen molar-refractivity contribution in [2.75, 3.05) is 13.2 Å². The zero-order chi connectivity index (χ0) is 14.1. The van der Waals surface area contributed by atoms with Crippen LogP contribution in [0.2, 0.25) is 0 Å². The average molecular weight is 279 g/mol. The SMILES string of the molecule is CCO[P+](=O)OCC.Cc1cccc2ccccc12.